The van der Waals surface area contributed by atoms with Crippen molar-refractivity contribution in [2.24, 2.45) is 0 Å². The van der Waals surface area contributed by atoms with Gasteiger partial charge in [0.1, 0.15) is 0 Å². The molecule has 0 aliphatic rings. The van der Waals surface area contributed by atoms with E-state index in [4.69, 9.17) is 0 Å². The van der Waals surface area contributed by atoms with E-state index < -0.39 is 22.2 Å². The molecular formula is C18H22N2O4S2-2. The third-order valence-electron chi connectivity index (χ3n) is 3.86. The lowest BCUT2D eigenvalue weighted by atomic mass is 10.0. The van der Waals surface area contributed by atoms with Crippen molar-refractivity contribution in [3.8, 4) is 11.1 Å². The molecule has 0 aliphatic carbocycles. The highest BCUT2D eigenvalue weighted by Crippen LogP contribution is 2.20. The second-order valence-corrected chi connectivity index (χ2v) is 7.58. The lowest BCUT2D eigenvalue weighted by molar-refractivity contribution is 0.528. The summed E-state index contributed by atoms with van der Waals surface area (Å²) >= 11 is -4.10. The lowest BCUT2D eigenvalue weighted by Gasteiger charge is -2.09. The van der Waals surface area contributed by atoms with Gasteiger partial charge in [0.25, 0.3) is 0 Å². The molecule has 0 spiro atoms. The van der Waals surface area contributed by atoms with Crippen LogP contribution in [0.2, 0.25) is 0 Å². The Kier molecular flexibility index (Phi) is 9.10. The molecule has 0 amide bonds. The molecule has 2 atom stereocenters. The zero-order valence-electron chi connectivity index (χ0n) is 14.3. The van der Waals surface area contributed by atoms with E-state index in [2.05, 4.69) is 34.9 Å². The van der Waals surface area contributed by atoms with Crippen molar-refractivity contribution in [1.82, 2.24) is 10.6 Å². The maximum Gasteiger partial charge on any atom is 0.0588 e. The van der Waals surface area contributed by atoms with Gasteiger partial charge < -0.3 is 19.7 Å². The van der Waals surface area contributed by atoms with Crippen molar-refractivity contribution in [3.05, 3.63) is 59.7 Å². The van der Waals surface area contributed by atoms with Crippen LogP contribution in [0.25, 0.3) is 11.1 Å². The monoisotopic (exact) mass is 394 g/mol. The first-order valence-electron chi connectivity index (χ1n) is 8.26. The summed E-state index contributed by atoms with van der Waals surface area (Å²) in [5.74, 6) is -0.0383. The SMILES string of the molecule is O=S([O-])CNCCc1ccc(-c2ccc(CCNCS(=O)[O-])cc2)cc1. The summed E-state index contributed by atoms with van der Waals surface area (Å²) in [6.45, 7) is 1.24. The van der Waals surface area contributed by atoms with E-state index >= 15 is 0 Å². The van der Waals surface area contributed by atoms with Gasteiger partial charge in [0.2, 0.25) is 0 Å². The van der Waals surface area contributed by atoms with Crippen molar-refractivity contribution in [2.75, 3.05) is 24.8 Å². The Hall–Kier alpha value is -1.42. The molecule has 6 nitrogen and oxygen atoms in total. The average molecular weight is 395 g/mol. The molecular weight excluding hydrogens is 372 g/mol. The molecule has 2 aromatic rings. The normalized spacial score (nSPS) is 13.5. The topological polar surface area (TPSA) is 104 Å². The number of hydrogen-bond donors (Lipinski definition) is 2. The minimum Gasteiger partial charge on any atom is -0.771 e. The first kappa shape index (κ1) is 20.9. The van der Waals surface area contributed by atoms with Crippen molar-refractivity contribution in [3.63, 3.8) is 0 Å². The third kappa shape index (κ3) is 7.86. The fourth-order valence-electron chi connectivity index (χ4n) is 2.50. The maximum absolute atomic E-state index is 10.4. The maximum atomic E-state index is 10.4. The molecule has 0 heterocycles. The Morgan fingerprint density at radius 1 is 0.654 bits per heavy atom. The van der Waals surface area contributed by atoms with Gasteiger partial charge in [0, 0.05) is 0 Å². The van der Waals surface area contributed by atoms with Crippen LogP contribution in [0.1, 0.15) is 11.1 Å². The van der Waals surface area contributed by atoms with Crippen LogP contribution < -0.4 is 10.6 Å². The van der Waals surface area contributed by atoms with Crippen molar-refractivity contribution in [1.29, 1.82) is 0 Å². The van der Waals surface area contributed by atoms with Crippen LogP contribution in [-0.2, 0) is 35.0 Å². The molecule has 142 valence electrons. The molecule has 0 aromatic heterocycles. The molecule has 2 N–H and O–H groups in total. The van der Waals surface area contributed by atoms with E-state index in [-0.39, 0.29) is 11.8 Å². The van der Waals surface area contributed by atoms with E-state index in [9.17, 15) is 17.5 Å². The largest absolute Gasteiger partial charge is 0.771 e. The zero-order chi connectivity index (χ0) is 18.8. The Balaban J connectivity index is 1.82. The minimum atomic E-state index is -2.05. The number of hydrogen-bond acceptors (Lipinski definition) is 6. The van der Waals surface area contributed by atoms with Gasteiger partial charge in [-0.3, -0.25) is 8.42 Å². The van der Waals surface area contributed by atoms with Crippen molar-refractivity contribution < 1.29 is 17.5 Å². The van der Waals surface area contributed by atoms with Gasteiger partial charge in [-0.2, -0.15) is 0 Å². The molecule has 8 heteroatoms. The van der Waals surface area contributed by atoms with E-state index in [1.165, 1.54) is 0 Å². The molecule has 0 fully saturated rings. The summed E-state index contributed by atoms with van der Waals surface area (Å²) in [4.78, 5) is 0. The van der Waals surface area contributed by atoms with Gasteiger partial charge in [-0.25, -0.2) is 0 Å². The fourth-order valence-corrected chi connectivity index (χ4v) is 3.13. The molecule has 0 radical (unpaired) electrons. The molecule has 2 rings (SSSR count). The predicted molar refractivity (Wildman–Crippen MR) is 103 cm³/mol. The van der Waals surface area contributed by atoms with Crippen LogP contribution in [0.3, 0.4) is 0 Å². The standard InChI is InChI=1S/C18H24N2O4S2/c21-25(22)13-19-11-9-15-1-5-17(6-2-15)18-7-3-16(4-8-18)10-12-20-14-26(23)24/h1-8,19-20H,9-14H2,(H,21,22)(H,23,24)/p-2. The van der Waals surface area contributed by atoms with Crippen molar-refractivity contribution >= 4 is 22.2 Å². The van der Waals surface area contributed by atoms with E-state index in [0.717, 1.165) is 35.1 Å². The Bertz CT molecular complexity index is 657. The van der Waals surface area contributed by atoms with E-state index in [1.54, 1.807) is 0 Å². The van der Waals surface area contributed by atoms with Gasteiger partial charge >= 0.3 is 0 Å². The second kappa shape index (κ2) is 11.3. The summed E-state index contributed by atoms with van der Waals surface area (Å²) in [7, 11) is 0. The zero-order valence-corrected chi connectivity index (χ0v) is 15.9. The second-order valence-electron chi connectivity index (χ2n) is 5.79. The summed E-state index contributed by atoms with van der Waals surface area (Å²) in [5, 5.41) is 5.72. The van der Waals surface area contributed by atoms with Crippen LogP contribution in [0.4, 0.5) is 0 Å². The van der Waals surface area contributed by atoms with Gasteiger partial charge in [0.15, 0.2) is 0 Å². The van der Waals surface area contributed by atoms with E-state index in [1.807, 2.05) is 24.3 Å². The quantitative estimate of drug-likeness (QED) is 0.440. The lowest BCUT2D eigenvalue weighted by Crippen LogP contribution is -2.21. The summed E-state index contributed by atoms with van der Waals surface area (Å²) < 4.78 is 41.8. The molecule has 2 unspecified atom stereocenters. The van der Waals surface area contributed by atoms with Crippen LogP contribution in [-0.4, -0.2) is 42.4 Å². The summed E-state index contributed by atoms with van der Waals surface area (Å²) in [6, 6.07) is 16.4. The Morgan fingerprint density at radius 2 is 1.00 bits per heavy atom. The molecule has 26 heavy (non-hydrogen) atoms. The van der Waals surface area contributed by atoms with Crippen molar-refractivity contribution in [2.45, 2.75) is 12.8 Å². The van der Waals surface area contributed by atoms with Crippen LogP contribution in [0.15, 0.2) is 48.5 Å². The Morgan fingerprint density at radius 3 is 1.31 bits per heavy atom. The first-order valence-corrected chi connectivity index (χ1v) is 10.7. The molecule has 0 saturated carbocycles. The van der Waals surface area contributed by atoms with Gasteiger partial charge in [-0.1, -0.05) is 48.5 Å². The number of benzene rings is 2. The summed E-state index contributed by atoms with van der Waals surface area (Å²) in [6.07, 6.45) is 1.55. The van der Waals surface area contributed by atoms with Crippen LogP contribution >= 0.6 is 0 Å². The molecule has 0 aliphatic heterocycles. The highest BCUT2D eigenvalue weighted by Gasteiger charge is 2.00. The van der Waals surface area contributed by atoms with Gasteiger partial charge in [-0.15, -0.1) is 0 Å². The number of nitrogens with one attached hydrogen (secondary N) is 2. The fraction of sp³-hybridized carbons (Fsp3) is 0.333. The molecule has 0 saturated heterocycles. The average Bonchev–Trinajstić information content (AvgIpc) is 2.63. The van der Waals surface area contributed by atoms with Gasteiger partial charge in [0.05, 0.1) is 11.8 Å². The van der Waals surface area contributed by atoms with E-state index in [0.29, 0.717) is 13.1 Å². The Labute approximate surface area is 159 Å². The third-order valence-corrected chi connectivity index (χ3v) is 4.74. The van der Waals surface area contributed by atoms with Crippen LogP contribution in [0.5, 0.6) is 0 Å². The van der Waals surface area contributed by atoms with Gasteiger partial charge in [-0.05, 0) is 70.3 Å². The highest BCUT2D eigenvalue weighted by atomic mass is 32.2. The first-order chi connectivity index (χ1) is 12.5. The summed E-state index contributed by atoms with van der Waals surface area (Å²) in [5.41, 5.74) is 4.54. The minimum absolute atomic E-state index is 0.0191. The molecule has 0 bridgehead atoms. The predicted octanol–water partition coefficient (Wildman–Crippen LogP) is 1.29. The molecule has 2 aromatic carbocycles. The van der Waals surface area contributed by atoms with Crippen LogP contribution in [0, 0.1) is 0 Å². The highest BCUT2D eigenvalue weighted by molar-refractivity contribution is 7.79. The smallest absolute Gasteiger partial charge is 0.0588 e. The number of rotatable bonds is 11.